The molecule has 0 radical (unpaired) electrons. The Kier molecular flexibility index (Phi) is 5.14. The van der Waals surface area contributed by atoms with Crippen LogP contribution in [0.4, 0.5) is 0 Å². The van der Waals surface area contributed by atoms with E-state index in [2.05, 4.69) is 17.1 Å². The van der Waals surface area contributed by atoms with Gasteiger partial charge in [0, 0.05) is 32.4 Å². The monoisotopic (exact) mass is 292 g/mol. The molecule has 1 aliphatic rings. The summed E-state index contributed by atoms with van der Waals surface area (Å²) in [6.45, 7) is 4.00. The van der Waals surface area contributed by atoms with E-state index in [1.54, 1.807) is 29.9 Å². The van der Waals surface area contributed by atoms with Crippen LogP contribution in [0.15, 0.2) is 18.3 Å². The molecule has 2 unspecified atom stereocenters. The average molecular weight is 292 g/mol. The van der Waals surface area contributed by atoms with E-state index in [1.807, 2.05) is 0 Å². The third-order valence-corrected chi connectivity index (χ3v) is 4.20. The Bertz CT molecular complexity index is 512. The van der Waals surface area contributed by atoms with Gasteiger partial charge in [-0.2, -0.15) is 0 Å². The summed E-state index contributed by atoms with van der Waals surface area (Å²) in [5.74, 6) is -0.185. The summed E-state index contributed by atoms with van der Waals surface area (Å²) in [4.78, 5) is 26.0. The third kappa shape index (κ3) is 3.92. The van der Waals surface area contributed by atoms with Crippen LogP contribution < -0.4 is 11.1 Å². The number of amides is 2. The Morgan fingerprint density at radius 2 is 2.24 bits per heavy atom. The number of nitrogens with one attached hydrogen (secondary N) is 1. The van der Waals surface area contributed by atoms with Crippen LogP contribution in [-0.2, 0) is 11.8 Å². The summed E-state index contributed by atoms with van der Waals surface area (Å²) in [5, 5.41) is 2.44. The number of imide groups is 1. The summed E-state index contributed by atoms with van der Waals surface area (Å²) < 4.78 is 1.69. The SMILES string of the molecule is CCC1CN(CC(=O)NC(=O)c2cccn2C)CCC1N. The number of carbonyl (C=O) groups is 2. The van der Waals surface area contributed by atoms with Crippen molar-refractivity contribution >= 4 is 11.8 Å². The molecule has 2 heterocycles. The predicted molar refractivity (Wildman–Crippen MR) is 80.7 cm³/mol. The van der Waals surface area contributed by atoms with Gasteiger partial charge in [0.15, 0.2) is 0 Å². The highest BCUT2D eigenvalue weighted by Gasteiger charge is 2.26. The number of aryl methyl sites for hydroxylation is 1. The first-order chi connectivity index (χ1) is 10.0. The van der Waals surface area contributed by atoms with Crippen molar-refractivity contribution in [3.63, 3.8) is 0 Å². The average Bonchev–Trinajstić information content (AvgIpc) is 2.87. The van der Waals surface area contributed by atoms with Crippen LogP contribution in [0.2, 0.25) is 0 Å². The van der Waals surface area contributed by atoms with Gasteiger partial charge >= 0.3 is 0 Å². The first-order valence-corrected chi connectivity index (χ1v) is 7.44. The van der Waals surface area contributed by atoms with Gasteiger partial charge < -0.3 is 10.3 Å². The topological polar surface area (TPSA) is 80.4 Å². The van der Waals surface area contributed by atoms with Gasteiger partial charge in [0.1, 0.15) is 5.69 Å². The molecule has 2 amide bonds. The highest BCUT2D eigenvalue weighted by Crippen LogP contribution is 2.18. The Morgan fingerprint density at radius 3 is 2.86 bits per heavy atom. The minimum atomic E-state index is -0.353. The Balaban J connectivity index is 1.85. The van der Waals surface area contributed by atoms with E-state index in [0.717, 1.165) is 25.9 Å². The molecule has 6 heteroatoms. The van der Waals surface area contributed by atoms with E-state index < -0.39 is 0 Å². The summed E-state index contributed by atoms with van der Waals surface area (Å²) in [6, 6.07) is 3.69. The molecule has 3 N–H and O–H groups in total. The van der Waals surface area contributed by atoms with Gasteiger partial charge in [-0.25, -0.2) is 0 Å². The summed E-state index contributed by atoms with van der Waals surface area (Å²) >= 11 is 0. The molecule has 1 aliphatic heterocycles. The molecule has 0 aliphatic carbocycles. The molecule has 0 saturated carbocycles. The molecular weight excluding hydrogens is 268 g/mol. The quantitative estimate of drug-likeness (QED) is 0.838. The van der Waals surface area contributed by atoms with E-state index in [0.29, 0.717) is 11.6 Å². The van der Waals surface area contributed by atoms with E-state index in [-0.39, 0.29) is 24.4 Å². The van der Waals surface area contributed by atoms with Gasteiger partial charge in [0.2, 0.25) is 5.91 Å². The van der Waals surface area contributed by atoms with Crippen molar-refractivity contribution < 1.29 is 9.59 Å². The number of rotatable bonds is 4. The Hall–Kier alpha value is -1.66. The zero-order chi connectivity index (χ0) is 15.4. The Labute approximate surface area is 125 Å². The molecule has 1 fully saturated rings. The van der Waals surface area contributed by atoms with Crippen molar-refractivity contribution in [3.8, 4) is 0 Å². The molecule has 6 nitrogen and oxygen atoms in total. The lowest BCUT2D eigenvalue weighted by Gasteiger charge is -2.35. The van der Waals surface area contributed by atoms with E-state index in [1.165, 1.54) is 0 Å². The van der Waals surface area contributed by atoms with Crippen molar-refractivity contribution in [2.45, 2.75) is 25.8 Å². The fourth-order valence-electron chi connectivity index (χ4n) is 2.83. The zero-order valence-corrected chi connectivity index (χ0v) is 12.7. The number of carbonyl (C=O) groups excluding carboxylic acids is 2. The summed E-state index contributed by atoms with van der Waals surface area (Å²) in [5.41, 5.74) is 6.54. The highest BCUT2D eigenvalue weighted by atomic mass is 16.2. The van der Waals surface area contributed by atoms with Gasteiger partial charge in [0.25, 0.3) is 5.91 Å². The second-order valence-electron chi connectivity index (χ2n) is 5.74. The molecule has 1 saturated heterocycles. The number of hydrogen-bond donors (Lipinski definition) is 2. The number of nitrogens with two attached hydrogens (primary N) is 1. The lowest BCUT2D eigenvalue weighted by Crippen LogP contribution is -2.50. The van der Waals surface area contributed by atoms with Crippen molar-refractivity contribution in [1.29, 1.82) is 0 Å². The maximum absolute atomic E-state index is 12.0. The van der Waals surface area contributed by atoms with Crippen LogP contribution in [0.5, 0.6) is 0 Å². The van der Waals surface area contributed by atoms with Crippen molar-refractivity contribution in [2.24, 2.45) is 18.7 Å². The number of hydrogen-bond acceptors (Lipinski definition) is 4. The van der Waals surface area contributed by atoms with Crippen LogP contribution in [-0.4, -0.2) is 47.0 Å². The van der Waals surface area contributed by atoms with Gasteiger partial charge in [-0.15, -0.1) is 0 Å². The Morgan fingerprint density at radius 1 is 1.48 bits per heavy atom. The maximum atomic E-state index is 12.0. The summed E-state index contributed by atoms with van der Waals surface area (Å²) in [7, 11) is 1.78. The van der Waals surface area contributed by atoms with Crippen LogP contribution in [0, 0.1) is 5.92 Å². The largest absolute Gasteiger partial charge is 0.347 e. The summed E-state index contributed by atoms with van der Waals surface area (Å²) in [6.07, 6.45) is 3.69. The standard InChI is InChI=1S/C15H24N4O2/c1-3-11-9-19(8-6-12(11)16)10-14(20)17-15(21)13-5-4-7-18(13)2/h4-5,7,11-12H,3,6,8-10,16H2,1-2H3,(H,17,20,21). The van der Waals surface area contributed by atoms with E-state index in [4.69, 9.17) is 5.73 Å². The van der Waals surface area contributed by atoms with Crippen LogP contribution >= 0.6 is 0 Å². The number of likely N-dealkylation sites (tertiary alicyclic amines) is 1. The third-order valence-electron chi connectivity index (χ3n) is 4.20. The smallest absolute Gasteiger partial charge is 0.274 e. The normalized spacial score (nSPS) is 23.0. The van der Waals surface area contributed by atoms with E-state index in [9.17, 15) is 9.59 Å². The minimum Gasteiger partial charge on any atom is -0.347 e. The van der Waals surface area contributed by atoms with Gasteiger partial charge in [-0.05, 0) is 24.5 Å². The lowest BCUT2D eigenvalue weighted by atomic mass is 9.91. The van der Waals surface area contributed by atoms with E-state index >= 15 is 0 Å². The second-order valence-corrected chi connectivity index (χ2v) is 5.74. The zero-order valence-electron chi connectivity index (χ0n) is 12.7. The molecule has 0 spiro atoms. The molecule has 21 heavy (non-hydrogen) atoms. The molecule has 1 aromatic rings. The molecule has 0 aromatic carbocycles. The first-order valence-electron chi connectivity index (χ1n) is 7.44. The van der Waals surface area contributed by atoms with Crippen molar-refractivity contribution in [1.82, 2.24) is 14.8 Å². The van der Waals surface area contributed by atoms with Crippen LogP contribution in [0.1, 0.15) is 30.3 Å². The first kappa shape index (κ1) is 15.7. The van der Waals surface area contributed by atoms with Gasteiger partial charge in [-0.3, -0.25) is 19.8 Å². The molecule has 2 atom stereocenters. The molecule has 116 valence electrons. The predicted octanol–water partition coefficient (Wildman–Crippen LogP) is 0.341. The van der Waals surface area contributed by atoms with Gasteiger partial charge in [-0.1, -0.05) is 13.3 Å². The van der Waals surface area contributed by atoms with Crippen molar-refractivity contribution in [3.05, 3.63) is 24.0 Å². The molecular formula is C15H24N4O2. The lowest BCUT2D eigenvalue weighted by molar-refractivity contribution is -0.121. The molecule has 0 bridgehead atoms. The molecule has 2 rings (SSSR count). The highest BCUT2D eigenvalue weighted by molar-refractivity contribution is 6.04. The number of aromatic nitrogens is 1. The molecule has 1 aromatic heterocycles. The minimum absolute atomic E-state index is 0.222. The number of nitrogens with zero attached hydrogens (tertiary/aromatic N) is 2. The fraction of sp³-hybridized carbons (Fsp3) is 0.600. The van der Waals surface area contributed by atoms with Crippen LogP contribution in [0.25, 0.3) is 0 Å². The van der Waals surface area contributed by atoms with Crippen LogP contribution in [0.3, 0.4) is 0 Å². The van der Waals surface area contributed by atoms with Crippen molar-refractivity contribution in [2.75, 3.05) is 19.6 Å². The maximum Gasteiger partial charge on any atom is 0.274 e. The fourth-order valence-corrected chi connectivity index (χ4v) is 2.83. The number of piperidine rings is 1. The second kappa shape index (κ2) is 6.87. The van der Waals surface area contributed by atoms with Gasteiger partial charge in [0.05, 0.1) is 6.54 Å².